The maximum atomic E-state index is 11.8. The monoisotopic (exact) mass is 289 g/mol. The standard InChI is InChI=1S/C18H27NO2/c1-4-6-8-15-10-11-17(16(13-15)9-7-5-2)19-18(21)12-14(3)20/h10-11,13H,4-9,12H2,1-3H3,(H,19,21). The van der Waals surface area contributed by atoms with E-state index in [9.17, 15) is 9.59 Å². The van der Waals surface area contributed by atoms with Crippen molar-refractivity contribution in [3.8, 4) is 0 Å². The second-order valence-electron chi connectivity index (χ2n) is 5.63. The molecule has 0 atom stereocenters. The van der Waals surface area contributed by atoms with Gasteiger partial charge in [0.05, 0.1) is 6.42 Å². The minimum atomic E-state index is -0.221. The minimum absolute atomic E-state index is 0.0508. The van der Waals surface area contributed by atoms with Crippen molar-refractivity contribution in [2.75, 3.05) is 5.32 Å². The molecule has 116 valence electrons. The highest BCUT2D eigenvalue weighted by Gasteiger charge is 2.09. The van der Waals surface area contributed by atoms with Crippen molar-refractivity contribution in [3.63, 3.8) is 0 Å². The molecule has 3 heteroatoms. The molecule has 0 aliphatic rings. The summed E-state index contributed by atoms with van der Waals surface area (Å²) in [6, 6.07) is 6.26. The molecule has 0 radical (unpaired) electrons. The van der Waals surface area contributed by atoms with Crippen LogP contribution in [0.1, 0.15) is 64.0 Å². The molecule has 0 heterocycles. The molecule has 0 aliphatic heterocycles. The number of carbonyl (C=O) groups is 2. The average molecular weight is 289 g/mol. The van der Waals surface area contributed by atoms with Crippen molar-refractivity contribution in [2.24, 2.45) is 0 Å². The van der Waals surface area contributed by atoms with E-state index in [1.54, 1.807) is 0 Å². The molecule has 0 aliphatic carbocycles. The Morgan fingerprint density at radius 2 is 1.71 bits per heavy atom. The van der Waals surface area contributed by atoms with Crippen LogP contribution in [0.5, 0.6) is 0 Å². The van der Waals surface area contributed by atoms with Gasteiger partial charge in [-0.3, -0.25) is 9.59 Å². The Labute approximate surface area is 128 Å². The molecule has 1 rings (SSSR count). The molecule has 0 aromatic heterocycles. The number of carbonyl (C=O) groups excluding carboxylic acids is 2. The minimum Gasteiger partial charge on any atom is -0.325 e. The van der Waals surface area contributed by atoms with Crippen LogP contribution in [-0.2, 0) is 22.4 Å². The first kappa shape index (κ1) is 17.4. The fraction of sp³-hybridized carbons (Fsp3) is 0.556. The molecule has 1 N–H and O–H groups in total. The molecule has 0 unspecified atom stereocenters. The summed E-state index contributed by atoms with van der Waals surface area (Å²) in [4.78, 5) is 22.8. The van der Waals surface area contributed by atoms with Gasteiger partial charge in [-0.05, 0) is 49.8 Å². The first-order valence-electron chi connectivity index (χ1n) is 7.97. The van der Waals surface area contributed by atoms with Gasteiger partial charge in [-0.25, -0.2) is 0 Å². The van der Waals surface area contributed by atoms with Gasteiger partial charge in [-0.1, -0.05) is 38.8 Å². The summed E-state index contributed by atoms with van der Waals surface area (Å²) in [5.74, 6) is -0.330. The highest BCUT2D eigenvalue weighted by molar-refractivity contribution is 6.03. The number of Topliss-reactive ketones (excluding diaryl/α,β-unsaturated/α-hetero) is 1. The summed E-state index contributed by atoms with van der Waals surface area (Å²) in [5.41, 5.74) is 3.37. The van der Waals surface area contributed by atoms with E-state index in [1.165, 1.54) is 30.9 Å². The second kappa shape index (κ2) is 9.32. The van der Waals surface area contributed by atoms with Crippen LogP contribution in [-0.4, -0.2) is 11.7 Å². The molecule has 1 amide bonds. The molecule has 0 bridgehead atoms. The Morgan fingerprint density at radius 1 is 1.05 bits per heavy atom. The van der Waals surface area contributed by atoms with Crippen LogP contribution in [0.2, 0.25) is 0 Å². The number of unbranched alkanes of at least 4 members (excludes halogenated alkanes) is 2. The van der Waals surface area contributed by atoms with E-state index in [2.05, 4.69) is 31.3 Å². The molecule has 21 heavy (non-hydrogen) atoms. The van der Waals surface area contributed by atoms with E-state index in [-0.39, 0.29) is 18.1 Å². The molecule has 1 aromatic rings. The average Bonchev–Trinajstić information content (AvgIpc) is 2.43. The van der Waals surface area contributed by atoms with Crippen molar-refractivity contribution in [3.05, 3.63) is 29.3 Å². The van der Waals surface area contributed by atoms with E-state index in [0.29, 0.717) is 0 Å². The normalized spacial score (nSPS) is 10.4. The number of benzene rings is 1. The van der Waals surface area contributed by atoms with Crippen LogP contribution in [0.4, 0.5) is 5.69 Å². The Hall–Kier alpha value is -1.64. The molecule has 1 aromatic carbocycles. The highest BCUT2D eigenvalue weighted by Crippen LogP contribution is 2.21. The summed E-state index contributed by atoms with van der Waals surface area (Å²) in [6.07, 6.45) is 6.59. The summed E-state index contributed by atoms with van der Waals surface area (Å²) in [5, 5.41) is 2.87. The third kappa shape index (κ3) is 6.56. The number of aryl methyl sites for hydroxylation is 2. The summed E-state index contributed by atoms with van der Waals surface area (Å²) in [7, 11) is 0. The predicted molar refractivity (Wildman–Crippen MR) is 87.6 cm³/mol. The molecule has 0 fully saturated rings. The first-order valence-corrected chi connectivity index (χ1v) is 7.97. The number of hydrogen-bond acceptors (Lipinski definition) is 2. The van der Waals surface area contributed by atoms with Gasteiger partial charge in [0.1, 0.15) is 5.78 Å². The van der Waals surface area contributed by atoms with Crippen molar-refractivity contribution in [2.45, 2.75) is 65.7 Å². The lowest BCUT2D eigenvalue weighted by atomic mass is 10.00. The van der Waals surface area contributed by atoms with Crippen molar-refractivity contribution in [1.82, 2.24) is 0 Å². The zero-order valence-corrected chi connectivity index (χ0v) is 13.5. The fourth-order valence-corrected chi connectivity index (χ4v) is 2.30. The summed E-state index contributed by atoms with van der Waals surface area (Å²) in [6.45, 7) is 5.79. The zero-order valence-electron chi connectivity index (χ0n) is 13.5. The van der Waals surface area contributed by atoms with Crippen molar-refractivity contribution in [1.29, 1.82) is 0 Å². The number of hydrogen-bond donors (Lipinski definition) is 1. The largest absolute Gasteiger partial charge is 0.325 e. The first-order chi connectivity index (χ1) is 10.1. The maximum absolute atomic E-state index is 11.8. The third-order valence-electron chi connectivity index (χ3n) is 3.47. The van der Waals surface area contributed by atoms with Crippen LogP contribution in [0.25, 0.3) is 0 Å². The van der Waals surface area contributed by atoms with Crippen LogP contribution in [0, 0.1) is 0 Å². The molecule has 0 saturated heterocycles. The summed E-state index contributed by atoms with van der Waals surface area (Å²) >= 11 is 0. The van der Waals surface area contributed by atoms with Gasteiger partial charge in [-0.2, -0.15) is 0 Å². The molecular weight excluding hydrogens is 262 g/mol. The summed E-state index contributed by atoms with van der Waals surface area (Å²) < 4.78 is 0. The van der Waals surface area contributed by atoms with Crippen LogP contribution in [0.3, 0.4) is 0 Å². The maximum Gasteiger partial charge on any atom is 0.231 e. The van der Waals surface area contributed by atoms with Gasteiger partial charge in [0.25, 0.3) is 0 Å². The predicted octanol–water partition coefficient (Wildman–Crippen LogP) is 4.29. The van der Waals surface area contributed by atoms with E-state index < -0.39 is 0 Å². The Balaban J connectivity index is 2.84. The van der Waals surface area contributed by atoms with Gasteiger partial charge in [0.2, 0.25) is 5.91 Å². The Bertz CT molecular complexity index is 480. The molecule has 3 nitrogen and oxygen atoms in total. The van der Waals surface area contributed by atoms with E-state index in [1.807, 2.05) is 6.07 Å². The Morgan fingerprint density at radius 3 is 2.33 bits per heavy atom. The van der Waals surface area contributed by atoms with Gasteiger partial charge in [0, 0.05) is 5.69 Å². The number of anilines is 1. The van der Waals surface area contributed by atoms with Gasteiger partial charge in [0.15, 0.2) is 0 Å². The SMILES string of the molecule is CCCCc1ccc(NC(=O)CC(C)=O)c(CCCC)c1. The molecule has 0 saturated carbocycles. The van der Waals surface area contributed by atoms with Gasteiger partial charge >= 0.3 is 0 Å². The van der Waals surface area contributed by atoms with Crippen molar-refractivity contribution < 1.29 is 9.59 Å². The van der Waals surface area contributed by atoms with Gasteiger partial charge < -0.3 is 5.32 Å². The van der Waals surface area contributed by atoms with E-state index >= 15 is 0 Å². The van der Waals surface area contributed by atoms with Crippen LogP contribution < -0.4 is 5.32 Å². The quantitative estimate of drug-likeness (QED) is 0.689. The topological polar surface area (TPSA) is 46.2 Å². The number of amides is 1. The smallest absolute Gasteiger partial charge is 0.231 e. The zero-order chi connectivity index (χ0) is 15.7. The lowest BCUT2D eigenvalue weighted by Gasteiger charge is -2.13. The van der Waals surface area contributed by atoms with Crippen LogP contribution in [0.15, 0.2) is 18.2 Å². The Kier molecular flexibility index (Phi) is 7.73. The number of nitrogens with one attached hydrogen (secondary N) is 1. The van der Waals surface area contributed by atoms with Crippen LogP contribution >= 0.6 is 0 Å². The fourth-order valence-electron chi connectivity index (χ4n) is 2.30. The van der Waals surface area contributed by atoms with Gasteiger partial charge in [-0.15, -0.1) is 0 Å². The number of ketones is 1. The van der Waals surface area contributed by atoms with Crippen molar-refractivity contribution >= 4 is 17.4 Å². The second-order valence-corrected chi connectivity index (χ2v) is 5.63. The molecule has 0 spiro atoms. The van der Waals surface area contributed by atoms with E-state index in [0.717, 1.165) is 31.4 Å². The third-order valence-corrected chi connectivity index (χ3v) is 3.47. The highest BCUT2D eigenvalue weighted by atomic mass is 16.2. The van der Waals surface area contributed by atoms with E-state index in [4.69, 9.17) is 0 Å². The number of rotatable bonds is 9. The lowest BCUT2D eigenvalue weighted by Crippen LogP contribution is -2.16. The molecular formula is C18H27NO2. The lowest BCUT2D eigenvalue weighted by molar-refractivity contribution is -0.124.